The van der Waals surface area contributed by atoms with Crippen LogP contribution in [0.5, 0.6) is 11.5 Å². The fourth-order valence-corrected chi connectivity index (χ4v) is 9.03. The van der Waals surface area contributed by atoms with Crippen LogP contribution in [0.15, 0.2) is 178 Å². The highest BCUT2D eigenvalue weighted by molar-refractivity contribution is 7.89. The van der Waals surface area contributed by atoms with Gasteiger partial charge in [-0.25, -0.2) is 13.6 Å². The number of benzene rings is 8. The molecule has 72 heavy (non-hydrogen) atoms. The van der Waals surface area contributed by atoms with Crippen LogP contribution in [0.3, 0.4) is 0 Å². The molecule has 0 bridgehead atoms. The summed E-state index contributed by atoms with van der Waals surface area (Å²) < 4.78 is 82.9. The van der Waals surface area contributed by atoms with Gasteiger partial charge in [0.15, 0.2) is 23.1 Å². The van der Waals surface area contributed by atoms with E-state index in [9.17, 15) is 50.0 Å². The summed E-state index contributed by atoms with van der Waals surface area (Å²) >= 11 is -2.55. The Hall–Kier alpha value is -9.05. The minimum atomic E-state index is -5.12. The molecule has 9 rings (SSSR count). The van der Waals surface area contributed by atoms with E-state index in [0.29, 0.717) is 16.8 Å². The van der Waals surface area contributed by atoms with Crippen molar-refractivity contribution in [1.29, 1.82) is 0 Å². The van der Waals surface area contributed by atoms with Gasteiger partial charge < -0.3 is 31.0 Å². The number of aromatic hydroxyl groups is 2. The zero-order chi connectivity index (χ0) is 51.2. The normalized spacial score (nSPS) is 13.5. The molecule has 1 aliphatic rings. The molecule has 1 aliphatic carbocycles. The minimum Gasteiger partial charge on any atom is -0.755 e. The molecule has 0 amide bonds. The molecule has 0 fully saturated rings. The number of azo groups is 4. The Balaban J connectivity index is 0.966. The summed E-state index contributed by atoms with van der Waals surface area (Å²) in [5, 5.41) is 61.3. The molecular formula is C46H31N12O11S3-. The smallest absolute Gasteiger partial charge is 0.296 e. The number of ketones is 2. The summed E-state index contributed by atoms with van der Waals surface area (Å²) in [6.45, 7) is 0. The molecule has 0 saturated carbocycles. The first-order valence-electron chi connectivity index (χ1n) is 20.5. The summed E-state index contributed by atoms with van der Waals surface area (Å²) in [6, 6.07) is 29.0. The lowest BCUT2D eigenvalue weighted by molar-refractivity contribution is 0.0979. The second kappa shape index (κ2) is 18.7. The first-order chi connectivity index (χ1) is 34.2. The Bertz CT molecular complexity index is 4020. The SMILES string of the molecule is Nc1ccc(N=Nc2ccc(S(N)(=O)=O)cc2)c2ccc(N=Nc3ccc4c(c3)C(=O)c3ccc(N=Nc5c(S(=O)(=O)O)cc6c(N=Nc7ccc(NS(=O)[O-])cc7)ccc(N)c6c5O)cc3C4=O)c(O)c12. The zero-order valence-electron chi connectivity index (χ0n) is 36.3. The van der Waals surface area contributed by atoms with Gasteiger partial charge >= 0.3 is 0 Å². The van der Waals surface area contributed by atoms with Crippen molar-refractivity contribution in [1.82, 2.24) is 0 Å². The van der Waals surface area contributed by atoms with Crippen LogP contribution in [-0.2, 0) is 31.4 Å². The first kappa shape index (κ1) is 48.0. The van der Waals surface area contributed by atoms with E-state index in [4.69, 9.17) is 16.6 Å². The number of phenols is 2. The van der Waals surface area contributed by atoms with Gasteiger partial charge in [0, 0.05) is 61.4 Å². The van der Waals surface area contributed by atoms with Gasteiger partial charge in [-0.2, -0.15) is 28.9 Å². The summed E-state index contributed by atoms with van der Waals surface area (Å²) in [6.07, 6.45) is 0. The summed E-state index contributed by atoms with van der Waals surface area (Å²) in [5.41, 5.74) is 13.1. The van der Waals surface area contributed by atoms with Crippen LogP contribution in [-0.4, -0.2) is 51.9 Å². The van der Waals surface area contributed by atoms with Gasteiger partial charge in [-0.05, 0) is 127 Å². The molecule has 0 radical (unpaired) electrons. The summed E-state index contributed by atoms with van der Waals surface area (Å²) in [5.74, 6) is -2.27. The van der Waals surface area contributed by atoms with Crippen molar-refractivity contribution in [2.75, 3.05) is 16.2 Å². The van der Waals surface area contributed by atoms with Crippen LogP contribution in [0.1, 0.15) is 31.8 Å². The average Bonchev–Trinajstić information content (AvgIpc) is 3.34. The van der Waals surface area contributed by atoms with Crippen molar-refractivity contribution in [2.24, 2.45) is 46.1 Å². The molecule has 0 aliphatic heterocycles. The molecule has 23 nitrogen and oxygen atoms in total. The molecule has 360 valence electrons. The second-order valence-electron chi connectivity index (χ2n) is 15.5. The van der Waals surface area contributed by atoms with Crippen LogP contribution in [0.25, 0.3) is 21.5 Å². The Morgan fingerprint density at radius 3 is 1.50 bits per heavy atom. The van der Waals surface area contributed by atoms with Crippen molar-refractivity contribution >= 4 is 127 Å². The van der Waals surface area contributed by atoms with Crippen molar-refractivity contribution in [3.8, 4) is 11.5 Å². The van der Waals surface area contributed by atoms with Crippen LogP contribution < -0.4 is 21.3 Å². The number of sulfonamides is 1. The molecule has 0 heterocycles. The molecule has 0 aromatic heterocycles. The lowest BCUT2D eigenvalue weighted by Crippen LogP contribution is -2.20. The molecule has 0 saturated heterocycles. The van der Waals surface area contributed by atoms with E-state index in [1.807, 2.05) is 0 Å². The number of nitrogens with one attached hydrogen (secondary N) is 1. The van der Waals surface area contributed by atoms with Gasteiger partial charge in [0.25, 0.3) is 10.1 Å². The number of phenolic OH excluding ortho intramolecular Hbond substituents is 2. The number of nitrogens with two attached hydrogens (primary N) is 3. The monoisotopic (exact) mass is 1020 g/mol. The molecule has 1 atom stereocenters. The highest BCUT2D eigenvalue weighted by Crippen LogP contribution is 2.47. The number of fused-ring (bicyclic) bond motifs is 4. The number of anilines is 3. The van der Waals surface area contributed by atoms with E-state index in [-0.39, 0.29) is 94.6 Å². The summed E-state index contributed by atoms with van der Waals surface area (Å²) in [7, 11) is -9.02. The largest absolute Gasteiger partial charge is 0.755 e. The van der Waals surface area contributed by atoms with E-state index < -0.39 is 59.3 Å². The van der Waals surface area contributed by atoms with Crippen molar-refractivity contribution in [3.63, 3.8) is 0 Å². The van der Waals surface area contributed by atoms with Crippen LogP contribution in [0, 0.1) is 0 Å². The molecule has 0 spiro atoms. The van der Waals surface area contributed by atoms with Crippen molar-refractivity contribution in [3.05, 3.63) is 150 Å². The molecule has 8 aromatic rings. The standard InChI is InChI=1S/C46H32N12O11S3/c47-34-14-17-36(54-51-23-5-9-27(10-6-23)71(49,65)66)30-13-16-38(45(61)40(30)34)56-52-25-7-11-28-31(19-25)43(59)29-12-8-26(20-32(29)44(28)60)53-57-42-39(72(67,68)69)21-33-37(18-15-35(48)41(33)46(42)62)55-50-22-1-3-24(4-2-22)58-70(63)64/h1-21,58,61-62H,47-48H2,(H,63,64)(H2,49,65,66)(H,67,68,69)/p-1. The van der Waals surface area contributed by atoms with Crippen LogP contribution in [0.2, 0.25) is 0 Å². The van der Waals surface area contributed by atoms with Gasteiger partial charge in [-0.3, -0.25) is 18.4 Å². The Morgan fingerprint density at radius 1 is 0.514 bits per heavy atom. The van der Waals surface area contributed by atoms with Gasteiger partial charge in [0.05, 0.1) is 49.8 Å². The fourth-order valence-electron chi connectivity index (χ4n) is 7.53. The van der Waals surface area contributed by atoms with Crippen LogP contribution in [0.4, 0.5) is 62.6 Å². The predicted octanol–water partition coefficient (Wildman–Crippen LogP) is 10.1. The molecule has 1 unspecified atom stereocenters. The Morgan fingerprint density at radius 2 is 0.972 bits per heavy atom. The average molecular weight is 1020 g/mol. The van der Waals surface area contributed by atoms with E-state index in [2.05, 4.69) is 45.6 Å². The molecular weight excluding hydrogens is 993 g/mol. The van der Waals surface area contributed by atoms with Gasteiger partial charge in [-0.15, -0.1) is 20.5 Å². The predicted molar refractivity (Wildman–Crippen MR) is 263 cm³/mol. The number of hydrogen-bond donors (Lipinski definition) is 7. The maximum absolute atomic E-state index is 13.9. The van der Waals surface area contributed by atoms with E-state index in [1.165, 1.54) is 109 Å². The van der Waals surface area contributed by atoms with E-state index >= 15 is 0 Å². The number of hydrogen-bond acceptors (Lipinski definition) is 20. The Labute approximate surface area is 408 Å². The number of primary sulfonamides is 1. The molecule has 8 aromatic carbocycles. The van der Waals surface area contributed by atoms with Crippen LogP contribution >= 0.6 is 0 Å². The zero-order valence-corrected chi connectivity index (χ0v) is 38.7. The maximum Gasteiger partial charge on any atom is 0.296 e. The Kier molecular flexibility index (Phi) is 12.5. The second-order valence-corrected chi connectivity index (χ2v) is 19.1. The lowest BCUT2D eigenvalue weighted by atomic mass is 9.83. The minimum absolute atomic E-state index is 0.000209. The number of rotatable bonds is 12. The highest BCUT2D eigenvalue weighted by Gasteiger charge is 2.31. The maximum atomic E-state index is 13.9. The molecule has 26 heteroatoms. The van der Waals surface area contributed by atoms with Gasteiger partial charge in [-0.1, -0.05) is 0 Å². The summed E-state index contributed by atoms with van der Waals surface area (Å²) in [4.78, 5) is 26.7. The van der Waals surface area contributed by atoms with E-state index in [1.54, 1.807) is 12.1 Å². The number of nitrogens with zero attached hydrogens (tertiary/aromatic N) is 8. The van der Waals surface area contributed by atoms with Gasteiger partial charge in [0.2, 0.25) is 10.0 Å². The third-order valence-corrected chi connectivity index (χ3v) is 13.1. The lowest BCUT2D eigenvalue weighted by Gasteiger charge is -2.17. The number of carbonyl (C=O) groups is 2. The van der Waals surface area contributed by atoms with E-state index in [0.717, 1.165) is 6.07 Å². The first-order valence-corrected chi connectivity index (χ1v) is 24.5. The van der Waals surface area contributed by atoms with Crippen molar-refractivity contribution in [2.45, 2.75) is 9.79 Å². The third kappa shape index (κ3) is 9.49. The highest BCUT2D eigenvalue weighted by atomic mass is 32.2. The molecule has 10 N–H and O–H groups in total. The number of carbonyl (C=O) groups excluding carboxylic acids is 2. The van der Waals surface area contributed by atoms with Crippen molar-refractivity contribution < 1.29 is 50.0 Å². The topological polar surface area (TPSA) is 392 Å². The van der Waals surface area contributed by atoms with Gasteiger partial charge in [0.1, 0.15) is 16.3 Å². The number of nitrogen functional groups attached to an aromatic ring is 2. The quantitative estimate of drug-likeness (QED) is 0.0259. The third-order valence-electron chi connectivity index (χ3n) is 10.9. The fraction of sp³-hybridized carbons (Fsp3) is 0.